The molecule has 0 heterocycles. The Morgan fingerprint density at radius 3 is 2.62 bits per heavy atom. The zero-order valence-corrected chi connectivity index (χ0v) is 14.2. The normalized spacial score (nSPS) is 11.7. The van der Waals surface area contributed by atoms with Crippen LogP contribution in [-0.2, 0) is 10.5 Å². The number of amides is 1. The van der Waals surface area contributed by atoms with Gasteiger partial charge in [-0.3, -0.25) is 4.79 Å². The summed E-state index contributed by atoms with van der Waals surface area (Å²) < 4.78 is 13.5. The third-order valence-electron chi connectivity index (χ3n) is 3.11. The van der Waals surface area contributed by atoms with Crippen LogP contribution >= 0.6 is 11.8 Å². The van der Waals surface area contributed by atoms with E-state index < -0.39 is 0 Å². The summed E-state index contributed by atoms with van der Waals surface area (Å²) in [6.07, 6.45) is 3.29. The molecular formula is C19H19FN2OS. The van der Waals surface area contributed by atoms with Gasteiger partial charge < -0.3 is 0 Å². The minimum absolute atomic E-state index is 0.158. The molecule has 3 nitrogen and oxygen atoms in total. The molecule has 124 valence electrons. The average molecular weight is 342 g/mol. The van der Waals surface area contributed by atoms with E-state index in [1.165, 1.54) is 23.4 Å². The second-order valence-electron chi connectivity index (χ2n) is 5.12. The maximum atomic E-state index is 13.5. The van der Waals surface area contributed by atoms with Gasteiger partial charge in [-0.25, -0.2) is 9.82 Å². The molecule has 1 N–H and O–H groups in total. The van der Waals surface area contributed by atoms with Crippen LogP contribution in [0, 0.1) is 5.82 Å². The van der Waals surface area contributed by atoms with Crippen LogP contribution in [0.4, 0.5) is 4.39 Å². The summed E-state index contributed by atoms with van der Waals surface area (Å²) in [6.45, 7) is 1.74. The summed E-state index contributed by atoms with van der Waals surface area (Å²) in [7, 11) is 0. The van der Waals surface area contributed by atoms with Crippen LogP contribution < -0.4 is 5.43 Å². The topological polar surface area (TPSA) is 41.5 Å². The molecule has 0 bridgehead atoms. The smallest absolute Gasteiger partial charge is 0.250 e. The van der Waals surface area contributed by atoms with Gasteiger partial charge in [0.2, 0.25) is 5.91 Å². The van der Waals surface area contributed by atoms with Gasteiger partial charge in [0.25, 0.3) is 0 Å². The Hall–Kier alpha value is -2.40. The fourth-order valence-corrected chi connectivity index (χ4v) is 2.66. The number of allylic oxidation sites excluding steroid dienone is 1. The molecule has 0 saturated carbocycles. The average Bonchev–Trinajstić information content (AvgIpc) is 2.60. The van der Waals surface area contributed by atoms with Crippen molar-refractivity contribution in [2.75, 3.05) is 5.75 Å². The highest BCUT2D eigenvalue weighted by Gasteiger charge is 2.01. The van der Waals surface area contributed by atoms with Crippen LogP contribution in [0.15, 0.2) is 65.8 Å². The van der Waals surface area contributed by atoms with Crippen LogP contribution in [0.5, 0.6) is 0 Å². The van der Waals surface area contributed by atoms with Gasteiger partial charge in [0.05, 0.1) is 11.5 Å². The summed E-state index contributed by atoms with van der Waals surface area (Å²) in [5, 5.41) is 3.99. The van der Waals surface area contributed by atoms with Crippen molar-refractivity contribution in [2.24, 2.45) is 5.10 Å². The molecule has 2 aromatic carbocycles. The number of thioether (sulfide) groups is 1. The van der Waals surface area contributed by atoms with E-state index in [4.69, 9.17) is 0 Å². The van der Waals surface area contributed by atoms with E-state index >= 15 is 0 Å². The Kier molecular flexibility index (Phi) is 7.23. The SMILES string of the molecule is CC(/C=C/c1ccccc1F)=N/NC(=O)CSCc1ccccc1. The van der Waals surface area contributed by atoms with Crippen molar-refractivity contribution in [1.82, 2.24) is 5.43 Å². The molecule has 5 heteroatoms. The Labute approximate surface area is 145 Å². The van der Waals surface area contributed by atoms with E-state index in [1.807, 2.05) is 30.3 Å². The van der Waals surface area contributed by atoms with Gasteiger partial charge in [-0.05, 0) is 24.6 Å². The first kappa shape index (κ1) is 17.9. The molecule has 1 amide bonds. The number of benzene rings is 2. The predicted molar refractivity (Wildman–Crippen MR) is 99.3 cm³/mol. The fraction of sp³-hybridized carbons (Fsp3) is 0.158. The largest absolute Gasteiger partial charge is 0.272 e. The van der Waals surface area contributed by atoms with Gasteiger partial charge >= 0.3 is 0 Å². The number of carbonyl (C=O) groups is 1. The van der Waals surface area contributed by atoms with E-state index in [1.54, 1.807) is 37.3 Å². The second kappa shape index (κ2) is 9.67. The molecule has 2 aromatic rings. The van der Waals surface area contributed by atoms with Gasteiger partial charge in [0.15, 0.2) is 0 Å². The summed E-state index contributed by atoms with van der Waals surface area (Å²) in [4.78, 5) is 11.7. The van der Waals surface area contributed by atoms with Crippen LogP contribution in [0.3, 0.4) is 0 Å². The van der Waals surface area contributed by atoms with Gasteiger partial charge in [-0.1, -0.05) is 54.6 Å². The number of hydrazone groups is 1. The highest BCUT2D eigenvalue weighted by Crippen LogP contribution is 2.11. The van der Waals surface area contributed by atoms with Crippen molar-refractivity contribution in [2.45, 2.75) is 12.7 Å². The number of hydrogen-bond acceptors (Lipinski definition) is 3. The zero-order chi connectivity index (χ0) is 17.2. The van der Waals surface area contributed by atoms with E-state index in [-0.39, 0.29) is 11.7 Å². The molecule has 0 fully saturated rings. The monoisotopic (exact) mass is 342 g/mol. The first-order valence-electron chi connectivity index (χ1n) is 7.52. The lowest BCUT2D eigenvalue weighted by molar-refractivity contribution is -0.118. The molecule has 0 unspecified atom stereocenters. The minimum Gasteiger partial charge on any atom is -0.272 e. The van der Waals surface area contributed by atoms with Gasteiger partial charge in [0.1, 0.15) is 5.82 Å². The number of halogens is 1. The molecule has 0 spiro atoms. The second-order valence-corrected chi connectivity index (χ2v) is 6.11. The maximum Gasteiger partial charge on any atom is 0.250 e. The third-order valence-corrected chi connectivity index (χ3v) is 4.11. The Balaban J connectivity index is 1.75. The van der Waals surface area contributed by atoms with Crippen molar-refractivity contribution in [3.63, 3.8) is 0 Å². The van der Waals surface area contributed by atoms with Gasteiger partial charge in [-0.15, -0.1) is 11.8 Å². The molecule has 0 aliphatic heterocycles. The molecule has 0 atom stereocenters. The molecule has 0 saturated heterocycles. The highest BCUT2D eigenvalue weighted by atomic mass is 32.2. The minimum atomic E-state index is -0.289. The number of nitrogens with zero attached hydrogens (tertiary/aromatic N) is 1. The van der Waals surface area contributed by atoms with Crippen LogP contribution in [-0.4, -0.2) is 17.4 Å². The van der Waals surface area contributed by atoms with E-state index in [2.05, 4.69) is 10.5 Å². The summed E-state index contributed by atoms with van der Waals surface area (Å²) in [5.74, 6) is 0.671. The molecule has 0 aliphatic rings. The third kappa shape index (κ3) is 6.38. The van der Waals surface area contributed by atoms with Crippen LogP contribution in [0.2, 0.25) is 0 Å². The number of nitrogens with one attached hydrogen (secondary N) is 1. The lowest BCUT2D eigenvalue weighted by atomic mass is 10.2. The summed E-state index contributed by atoms with van der Waals surface area (Å²) in [5.41, 5.74) is 4.77. The number of hydrogen-bond donors (Lipinski definition) is 1. The molecule has 24 heavy (non-hydrogen) atoms. The predicted octanol–water partition coefficient (Wildman–Crippen LogP) is 4.26. The molecule has 2 rings (SSSR count). The first-order chi connectivity index (χ1) is 11.6. The number of carbonyl (C=O) groups excluding carboxylic acids is 1. The van der Waals surface area contributed by atoms with Crippen LogP contribution in [0.1, 0.15) is 18.1 Å². The van der Waals surface area contributed by atoms with Gasteiger partial charge in [-0.2, -0.15) is 5.10 Å². The maximum absolute atomic E-state index is 13.5. The fourth-order valence-electron chi connectivity index (χ4n) is 1.88. The number of rotatable bonds is 7. The zero-order valence-electron chi connectivity index (χ0n) is 13.4. The summed E-state index contributed by atoms with van der Waals surface area (Å²) >= 11 is 1.53. The molecular weight excluding hydrogens is 323 g/mol. The van der Waals surface area contributed by atoms with E-state index in [9.17, 15) is 9.18 Å². The Bertz CT molecular complexity index is 729. The molecule has 0 radical (unpaired) electrons. The lowest BCUT2D eigenvalue weighted by Crippen LogP contribution is -2.20. The van der Waals surface area contributed by atoms with E-state index in [0.717, 1.165) is 5.75 Å². The molecule has 0 aromatic heterocycles. The standard InChI is InChI=1S/C19H19FN2OS/c1-15(11-12-17-9-5-6-10-18(17)20)21-22-19(23)14-24-13-16-7-3-2-4-8-16/h2-12H,13-14H2,1H3,(H,22,23)/b12-11+,21-15-. The first-order valence-corrected chi connectivity index (χ1v) is 8.68. The van der Waals surface area contributed by atoms with Gasteiger partial charge in [0, 0.05) is 11.3 Å². The van der Waals surface area contributed by atoms with Crippen molar-refractivity contribution in [3.05, 3.63) is 77.6 Å². The summed E-state index contributed by atoms with van der Waals surface area (Å²) in [6, 6.07) is 16.5. The Morgan fingerprint density at radius 2 is 1.88 bits per heavy atom. The van der Waals surface area contributed by atoms with Crippen molar-refractivity contribution in [1.29, 1.82) is 0 Å². The highest BCUT2D eigenvalue weighted by molar-refractivity contribution is 7.99. The molecule has 0 aliphatic carbocycles. The van der Waals surface area contributed by atoms with Crippen LogP contribution in [0.25, 0.3) is 6.08 Å². The lowest BCUT2D eigenvalue weighted by Gasteiger charge is -2.02. The quantitative estimate of drug-likeness (QED) is 0.603. The van der Waals surface area contributed by atoms with Crippen molar-refractivity contribution in [3.8, 4) is 0 Å². The van der Waals surface area contributed by atoms with Crippen molar-refractivity contribution >= 4 is 29.5 Å². The Morgan fingerprint density at radius 1 is 1.17 bits per heavy atom. The van der Waals surface area contributed by atoms with Crippen molar-refractivity contribution < 1.29 is 9.18 Å². The van der Waals surface area contributed by atoms with E-state index in [0.29, 0.717) is 17.0 Å².